The maximum Gasteiger partial charge on any atom is 0.0175 e. The van der Waals surface area contributed by atoms with Crippen molar-refractivity contribution < 1.29 is 0 Å². The Labute approximate surface area is 126 Å². The van der Waals surface area contributed by atoms with E-state index in [9.17, 15) is 0 Å². The van der Waals surface area contributed by atoms with Gasteiger partial charge in [0.2, 0.25) is 0 Å². The zero-order valence-corrected chi connectivity index (χ0v) is 13.2. The van der Waals surface area contributed by atoms with Gasteiger partial charge in [-0.25, -0.2) is 0 Å². The third kappa shape index (κ3) is 3.42. The maximum absolute atomic E-state index is 3.53. The van der Waals surface area contributed by atoms with Crippen LogP contribution in [0.4, 0.5) is 0 Å². The molecule has 2 aliphatic carbocycles. The lowest BCUT2D eigenvalue weighted by atomic mass is 9.70. The Morgan fingerprint density at radius 1 is 0.737 bits per heavy atom. The fourth-order valence-corrected chi connectivity index (χ4v) is 4.35. The van der Waals surface area contributed by atoms with Gasteiger partial charge >= 0.3 is 0 Å². The van der Waals surface area contributed by atoms with E-state index in [1.807, 2.05) is 0 Å². The van der Waals surface area contributed by atoms with E-state index in [0.29, 0.717) is 0 Å². The first-order valence-corrected chi connectivity index (χ1v) is 8.69. The summed E-state index contributed by atoms with van der Waals surface area (Å²) in [5.41, 5.74) is 1.55. The first-order chi connectivity index (χ1) is 9.33. The van der Waals surface area contributed by atoms with Gasteiger partial charge in [-0.2, -0.15) is 0 Å². The van der Waals surface area contributed by atoms with E-state index in [2.05, 4.69) is 46.6 Å². The summed E-state index contributed by atoms with van der Waals surface area (Å²) >= 11 is 3.53. The standard InChI is InChI=1S/C18H24Br/c19-18-12-10-17(11-13-18)16-8-6-15(7-9-16)14-4-2-1-3-5-14/h1,10-16H,2-9H2. The molecule has 1 aromatic rings. The zero-order valence-electron chi connectivity index (χ0n) is 11.7. The second-order valence-corrected chi connectivity index (χ2v) is 7.28. The monoisotopic (exact) mass is 319 g/mol. The molecular weight excluding hydrogens is 296 g/mol. The lowest BCUT2D eigenvalue weighted by molar-refractivity contribution is 0.199. The first-order valence-electron chi connectivity index (χ1n) is 7.90. The summed E-state index contributed by atoms with van der Waals surface area (Å²) in [4.78, 5) is 0. The Morgan fingerprint density at radius 2 is 1.32 bits per heavy atom. The number of benzene rings is 1. The summed E-state index contributed by atoms with van der Waals surface area (Å²) in [6, 6.07) is 9.01. The Bertz CT molecular complexity index is 381. The van der Waals surface area contributed by atoms with E-state index in [1.54, 1.807) is 5.56 Å². The molecule has 0 spiro atoms. The molecule has 3 rings (SSSR count). The fourth-order valence-electron chi connectivity index (χ4n) is 4.08. The van der Waals surface area contributed by atoms with Gasteiger partial charge in [-0.3, -0.25) is 0 Å². The second kappa shape index (κ2) is 6.43. The van der Waals surface area contributed by atoms with E-state index in [1.165, 1.54) is 55.8 Å². The molecule has 0 atom stereocenters. The van der Waals surface area contributed by atoms with Crippen LogP contribution in [0.15, 0.2) is 28.7 Å². The Kier molecular flexibility index (Phi) is 4.63. The Balaban J connectivity index is 1.55. The van der Waals surface area contributed by atoms with Crippen molar-refractivity contribution in [3.8, 4) is 0 Å². The minimum absolute atomic E-state index is 0.819. The minimum atomic E-state index is 0.819. The third-order valence-electron chi connectivity index (χ3n) is 5.26. The zero-order chi connectivity index (χ0) is 13.1. The number of halogens is 1. The molecule has 0 bridgehead atoms. The van der Waals surface area contributed by atoms with Gasteiger partial charge in [-0.15, -0.1) is 0 Å². The Morgan fingerprint density at radius 3 is 1.95 bits per heavy atom. The maximum atomic E-state index is 3.53. The number of rotatable bonds is 2. The molecule has 2 fully saturated rings. The van der Waals surface area contributed by atoms with Crippen LogP contribution in [0.2, 0.25) is 0 Å². The van der Waals surface area contributed by atoms with Crippen LogP contribution in [-0.4, -0.2) is 0 Å². The summed E-state index contributed by atoms with van der Waals surface area (Å²) in [6.07, 6.45) is 13.9. The number of hydrogen-bond acceptors (Lipinski definition) is 0. The van der Waals surface area contributed by atoms with Crippen molar-refractivity contribution in [1.82, 2.24) is 0 Å². The molecule has 0 saturated heterocycles. The molecule has 0 amide bonds. The van der Waals surface area contributed by atoms with Crippen LogP contribution in [0.1, 0.15) is 62.8 Å². The van der Waals surface area contributed by atoms with Crippen molar-refractivity contribution >= 4 is 15.9 Å². The molecule has 0 nitrogen and oxygen atoms in total. The molecule has 0 aromatic heterocycles. The van der Waals surface area contributed by atoms with Crippen molar-refractivity contribution in [2.45, 2.75) is 57.3 Å². The average molecular weight is 320 g/mol. The minimum Gasteiger partial charge on any atom is -0.0576 e. The van der Waals surface area contributed by atoms with E-state index < -0.39 is 0 Å². The van der Waals surface area contributed by atoms with Crippen LogP contribution >= 0.6 is 15.9 Å². The average Bonchev–Trinajstić information content (AvgIpc) is 2.49. The van der Waals surface area contributed by atoms with Crippen molar-refractivity contribution in [3.05, 3.63) is 40.7 Å². The van der Waals surface area contributed by atoms with Gasteiger partial charge < -0.3 is 0 Å². The van der Waals surface area contributed by atoms with Gasteiger partial charge in [-0.05, 0) is 93.2 Å². The lowest BCUT2D eigenvalue weighted by Gasteiger charge is -2.36. The molecular formula is C18H24Br. The van der Waals surface area contributed by atoms with Gasteiger partial charge in [0.05, 0.1) is 0 Å². The molecule has 1 heteroatoms. The summed E-state index contributed by atoms with van der Waals surface area (Å²) in [5.74, 6) is 2.88. The predicted molar refractivity (Wildman–Crippen MR) is 85.1 cm³/mol. The van der Waals surface area contributed by atoms with Crippen LogP contribution in [0.25, 0.3) is 0 Å². The topological polar surface area (TPSA) is 0 Å². The van der Waals surface area contributed by atoms with Gasteiger partial charge in [0.15, 0.2) is 0 Å². The summed E-state index contributed by atoms with van der Waals surface area (Å²) in [5, 5.41) is 0. The predicted octanol–water partition coefficient (Wildman–Crippen LogP) is 6.12. The van der Waals surface area contributed by atoms with E-state index in [4.69, 9.17) is 0 Å². The molecule has 0 heterocycles. The Hall–Kier alpha value is -0.300. The van der Waals surface area contributed by atoms with Crippen LogP contribution in [0.3, 0.4) is 0 Å². The van der Waals surface area contributed by atoms with Crippen molar-refractivity contribution in [3.63, 3.8) is 0 Å². The normalized spacial score (nSPS) is 29.3. The van der Waals surface area contributed by atoms with Crippen LogP contribution in [0.5, 0.6) is 0 Å². The molecule has 1 aromatic carbocycles. The fraction of sp³-hybridized carbons (Fsp3) is 0.611. The highest BCUT2D eigenvalue weighted by atomic mass is 79.9. The summed E-state index contributed by atoms with van der Waals surface area (Å²) in [6.45, 7) is 0. The van der Waals surface area contributed by atoms with Crippen molar-refractivity contribution in [2.75, 3.05) is 0 Å². The summed E-state index contributed by atoms with van der Waals surface area (Å²) < 4.78 is 1.20. The highest BCUT2D eigenvalue weighted by Crippen LogP contribution is 2.42. The highest BCUT2D eigenvalue weighted by molar-refractivity contribution is 9.10. The van der Waals surface area contributed by atoms with E-state index in [0.717, 1.165) is 17.8 Å². The van der Waals surface area contributed by atoms with Gasteiger partial charge in [0, 0.05) is 4.47 Å². The molecule has 2 saturated carbocycles. The van der Waals surface area contributed by atoms with Crippen LogP contribution in [0, 0.1) is 18.3 Å². The SMILES string of the molecule is Brc1ccc(C2CCC(C3CC[CH]CC3)CC2)cc1. The molecule has 2 aliphatic rings. The molecule has 1 radical (unpaired) electrons. The molecule has 19 heavy (non-hydrogen) atoms. The molecule has 103 valence electrons. The van der Waals surface area contributed by atoms with Crippen LogP contribution in [-0.2, 0) is 0 Å². The van der Waals surface area contributed by atoms with Gasteiger partial charge in [0.1, 0.15) is 0 Å². The van der Waals surface area contributed by atoms with E-state index >= 15 is 0 Å². The molecule has 0 aliphatic heterocycles. The lowest BCUT2D eigenvalue weighted by Crippen LogP contribution is -2.23. The number of hydrogen-bond donors (Lipinski definition) is 0. The third-order valence-corrected chi connectivity index (χ3v) is 5.79. The van der Waals surface area contributed by atoms with Gasteiger partial charge in [-0.1, -0.05) is 28.1 Å². The van der Waals surface area contributed by atoms with Crippen molar-refractivity contribution in [2.24, 2.45) is 11.8 Å². The molecule has 0 N–H and O–H groups in total. The smallest absolute Gasteiger partial charge is 0.0175 e. The van der Waals surface area contributed by atoms with Crippen molar-refractivity contribution in [1.29, 1.82) is 0 Å². The second-order valence-electron chi connectivity index (χ2n) is 6.37. The van der Waals surface area contributed by atoms with Gasteiger partial charge in [0.25, 0.3) is 0 Å². The van der Waals surface area contributed by atoms with Crippen LogP contribution < -0.4 is 0 Å². The summed E-state index contributed by atoms with van der Waals surface area (Å²) in [7, 11) is 0. The molecule has 0 unspecified atom stereocenters. The van der Waals surface area contributed by atoms with E-state index in [-0.39, 0.29) is 0 Å². The quantitative estimate of drug-likeness (QED) is 0.616. The first kappa shape index (κ1) is 13.7. The highest BCUT2D eigenvalue weighted by Gasteiger charge is 2.28. The largest absolute Gasteiger partial charge is 0.0576 e.